The summed E-state index contributed by atoms with van der Waals surface area (Å²) >= 11 is 0. The second-order valence-corrected chi connectivity index (χ2v) is 5.30. The van der Waals surface area contributed by atoms with Crippen molar-refractivity contribution < 1.29 is 13.6 Å². The molecular formula is C15H16F2N4O. The maximum atomic E-state index is 13.5. The van der Waals surface area contributed by atoms with Gasteiger partial charge in [-0.2, -0.15) is 5.10 Å². The first-order valence-corrected chi connectivity index (χ1v) is 7.08. The van der Waals surface area contributed by atoms with Gasteiger partial charge in [0.2, 0.25) is 5.91 Å². The number of halogens is 2. The summed E-state index contributed by atoms with van der Waals surface area (Å²) in [5.74, 6) is -1.69. The molecule has 0 radical (unpaired) electrons. The number of aromatic nitrogens is 2. The number of benzene rings is 1. The molecule has 0 spiro atoms. The van der Waals surface area contributed by atoms with Crippen LogP contribution in [0.25, 0.3) is 11.3 Å². The number of hydrogen-bond donors (Lipinski definition) is 2. The van der Waals surface area contributed by atoms with E-state index in [1.807, 2.05) is 0 Å². The molecule has 0 fully saturated rings. The highest BCUT2D eigenvalue weighted by molar-refractivity contribution is 5.73. The van der Waals surface area contributed by atoms with Gasteiger partial charge in [-0.15, -0.1) is 0 Å². The molecule has 1 amide bonds. The lowest BCUT2D eigenvalue weighted by molar-refractivity contribution is -0.118. The molecule has 1 aromatic heterocycles. The Morgan fingerprint density at radius 2 is 2.05 bits per heavy atom. The van der Waals surface area contributed by atoms with Crippen LogP contribution in [0, 0.1) is 11.6 Å². The highest BCUT2D eigenvalue weighted by Gasteiger charge is 2.22. The lowest BCUT2D eigenvalue weighted by atomic mass is 10.0. The SMILES string of the molecule is NC(=O)CCn1nc(-c2cc(F)cc(F)c2)c2c1CCNC2. The maximum Gasteiger partial charge on any atom is 0.219 e. The van der Waals surface area contributed by atoms with E-state index in [9.17, 15) is 13.6 Å². The van der Waals surface area contributed by atoms with Crippen molar-refractivity contribution in [2.45, 2.75) is 25.9 Å². The second kappa shape index (κ2) is 5.84. The van der Waals surface area contributed by atoms with E-state index >= 15 is 0 Å². The molecule has 3 rings (SSSR count). The standard InChI is InChI=1S/C15H16F2N4O/c16-10-5-9(6-11(17)7-10)15-12-8-19-3-1-13(12)21(20-15)4-2-14(18)22/h5-7,19H,1-4,8H2,(H2,18,22). The number of hydrogen-bond acceptors (Lipinski definition) is 3. The van der Waals surface area contributed by atoms with Gasteiger partial charge < -0.3 is 11.1 Å². The van der Waals surface area contributed by atoms with Gasteiger partial charge in [-0.1, -0.05) is 0 Å². The molecule has 0 bridgehead atoms. The van der Waals surface area contributed by atoms with E-state index in [-0.39, 0.29) is 6.42 Å². The van der Waals surface area contributed by atoms with Crippen molar-refractivity contribution in [3.05, 3.63) is 41.1 Å². The Hall–Kier alpha value is -2.28. The van der Waals surface area contributed by atoms with Crippen LogP contribution < -0.4 is 11.1 Å². The Morgan fingerprint density at radius 3 is 2.73 bits per heavy atom. The quantitative estimate of drug-likeness (QED) is 0.895. The molecule has 1 aliphatic heterocycles. The van der Waals surface area contributed by atoms with Crippen molar-refractivity contribution in [1.29, 1.82) is 0 Å². The summed E-state index contributed by atoms with van der Waals surface area (Å²) < 4.78 is 28.6. The van der Waals surface area contributed by atoms with Gasteiger partial charge in [0.15, 0.2) is 0 Å². The number of primary amides is 1. The van der Waals surface area contributed by atoms with E-state index in [2.05, 4.69) is 10.4 Å². The smallest absolute Gasteiger partial charge is 0.219 e. The van der Waals surface area contributed by atoms with Crippen LogP contribution in [0.5, 0.6) is 0 Å². The highest BCUT2D eigenvalue weighted by atomic mass is 19.1. The van der Waals surface area contributed by atoms with Crippen LogP contribution in [-0.4, -0.2) is 22.2 Å². The van der Waals surface area contributed by atoms with Crippen LogP contribution in [0.4, 0.5) is 8.78 Å². The van der Waals surface area contributed by atoms with Gasteiger partial charge in [-0.3, -0.25) is 9.48 Å². The van der Waals surface area contributed by atoms with Crippen LogP contribution in [0.2, 0.25) is 0 Å². The number of nitrogens with zero attached hydrogens (tertiary/aromatic N) is 2. The Bertz CT molecular complexity index is 706. The van der Waals surface area contributed by atoms with Gasteiger partial charge in [0, 0.05) is 55.4 Å². The van der Waals surface area contributed by atoms with E-state index in [4.69, 9.17) is 5.73 Å². The second-order valence-electron chi connectivity index (χ2n) is 5.30. The Morgan fingerprint density at radius 1 is 1.32 bits per heavy atom. The summed E-state index contributed by atoms with van der Waals surface area (Å²) in [6, 6.07) is 3.36. The van der Waals surface area contributed by atoms with Crippen LogP contribution in [0.3, 0.4) is 0 Å². The van der Waals surface area contributed by atoms with Crippen LogP contribution in [-0.2, 0) is 24.3 Å². The van der Waals surface area contributed by atoms with Gasteiger partial charge in [-0.05, 0) is 12.1 Å². The van der Waals surface area contributed by atoms with E-state index in [1.54, 1.807) is 4.68 Å². The molecule has 3 N–H and O–H groups in total. The van der Waals surface area contributed by atoms with Crippen molar-refractivity contribution in [3.8, 4) is 11.3 Å². The molecule has 22 heavy (non-hydrogen) atoms. The number of nitrogens with two attached hydrogens (primary N) is 1. The van der Waals surface area contributed by atoms with Gasteiger partial charge in [-0.25, -0.2) is 8.78 Å². The molecule has 7 heteroatoms. The lowest BCUT2D eigenvalue weighted by Gasteiger charge is -2.15. The number of amides is 1. The van der Waals surface area contributed by atoms with Crippen molar-refractivity contribution in [2.75, 3.05) is 6.54 Å². The monoisotopic (exact) mass is 306 g/mol. The van der Waals surface area contributed by atoms with Gasteiger partial charge >= 0.3 is 0 Å². The molecule has 0 saturated heterocycles. The maximum absolute atomic E-state index is 13.5. The summed E-state index contributed by atoms with van der Waals surface area (Å²) in [6.45, 7) is 1.75. The number of carbonyl (C=O) groups is 1. The number of nitrogens with one attached hydrogen (secondary N) is 1. The Balaban J connectivity index is 2.05. The zero-order chi connectivity index (χ0) is 15.7. The molecule has 5 nitrogen and oxygen atoms in total. The summed E-state index contributed by atoms with van der Waals surface area (Å²) in [6.07, 6.45) is 0.928. The molecule has 0 aliphatic carbocycles. The predicted octanol–water partition coefficient (Wildman–Crippen LogP) is 1.35. The molecule has 2 heterocycles. The zero-order valence-electron chi connectivity index (χ0n) is 11.9. The molecule has 0 saturated carbocycles. The normalized spacial score (nSPS) is 13.9. The molecule has 2 aromatic rings. The number of fused-ring (bicyclic) bond motifs is 1. The Labute approximate surface area is 126 Å². The average molecular weight is 306 g/mol. The fourth-order valence-corrected chi connectivity index (χ4v) is 2.74. The molecular weight excluding hydrogens is 290 g/mol. The molecule has 0 unspecified atom stereocenters. The minimum atomic E-state index is -0.640. The number of carbonyl (C=O) groups excluding carboxylic acids is 1. The first kappa shape index (κ1) is 14.6. The topological polar surface area (TPSA) is 72.9 Å². The third-order valence-electron chi connectivity index (χ3n) is 3.71. The van der Waals surface area contributed by atoms with E-state index < -0.39 is 17.5 Å². The lowest BCUT2D eigenvalue weighted by Crippen LogP contribution is -2.25. The molecule has 0 atom stereocenters. The van der Waals surface area contributed by atoms with E-state index in [0.717, 1.165) is 30.3 Å². The van der Waals surface area contributed by atoms with E-state index in [0.29, 0.717) is 24.3 Å². The van der Waals surface area contributed by atoms with Gasteiger partial charge in [0.25, 0.3) is 0 Å². The first-order valence-electron chi connectivity index (χ1n) is 7.08. The predicted molar refractivity (Wildman–Crippen MR) is 76.8 cm³/mol. The van der Waals surface area contributed by atoms with Crippen LogP contribution in [0.1, 0.15) is 17.7 Å². The Kier molecular flexibility index (Phi) is 3.89. The van der Waals surface area contributed by atoms with Crippen molar-refractivity contribution in [2.24, 2.45) is 5.73 Å². The summed E-state index contributed by atoms with van der Waals surface area (Å²) in [7, 11) is 0. The number of rotatable bonds is 4. The first-order chi connectivity index (χ1) is 10.5. The summed E-state index contributed by atoms with van der Waals surface area (Å²) in [5, 5.41) is 7.68. The molecule has 1 aliphatic rings. The highest BCUT2D eigenvalue weighted by Crippen LogP contribution is 2.29. The van der Waals surface area contributed by atoms with Crippen LogP contribution in [0.15, 0.2) is 18.2 Å². The van der Waals surface area contributed by atoms with Gasteiger partial charge in [0.1, 0.15) is 11.6 Å². The fraction of sp³-hybridized carbons (Fsp3) is 0.333. The fourth-order valence-electron chi connectivity index (χ4n) is 2.74. The summed E-state index contributed by atoms with van der Waals surface area (Å²) in [4.78, 5) is 11.0. The molecule has 116 valence electrons. The third kappa shape index (κ3) is 2.85. The van der Waals surface area contributed by atoms with Crippen molar-refractivity contribution >= 4 is 5.91 Å². The van der Waals surface area contributed by atoms with Crippen molar-refractivity contribution in [3.63, 3.8) is 0 Å². The minimum Gasteiger partial charge on any atom is -0.370 e. The van der Waals surface area contributed by atoms with Crippen LogP contribution >= 0.6 is 0 Å². The number of aryl methyl sites for hydroxylation is 1. The van der Waals surface area contributed by atoms with Gasteiger partial charge in [0.05, 0.1) is 5.69 Å². The zero-order valence-corrected chi connectivity index (χ0v) is 11.9. The largest absolute Gasteiger partial charge is 0.370 e. The summed E-state index contributed by atoms with van der Waals surface area (Å²) in [5.41, 5.74) is 8.03. The average Bonchev–Trinajstić information content (AvgIpc) is 2.83. The third-order valence-corrected chi connectivity index (χ3v) is 3.71. The van der Waals surface area contributed by atoms with E-state index in [1.165, 1.54) is 12.1 Å². The minimum absolute atomic E-state index is 0.179. The molecule has 1 aromatic carbocycles. The van der Waals surface area contributed by atoms with Crippen molar-refractivity contribution in [1.82, 2.24) is 15.1 Å².